The molecule has 0 unspecified atom stereocenters. The summed E-state index contributed by atoms with van der Waals surface area (Å²) in [5.74, 6) is -0.171. The van der Waals surface area contributed by atoms with Crippen molar-refractivity contribution in [1.82, 2.24) is 10.2 Å². The molecule has 1 aliphatic carbocycles. The number of nitrogens with zero attached hydrogens (tertiary/aromatic N) is 2. The van der Waals surface area contributed by atoms with Crippen LogP contribution in [0.25, 0.3) is 0 Å². The average Bonchev–Trinajstić information content (AvgIpc) is 2.87. The summed E-state index contributed by atoms with van der Waals surface area (Å²) in [5, 5.41) is 3.10. The Hall–Kier alpha value is -3.07. The van der Waals surface area contributed by atoms with Crippen molar-refractivity contribution in [3.63, 3.8) is 0 Å². The third kappa shape index (κ3) is 7.71. The van der Waals surface area contributed by atoms with Crippen molar-refractivity contribution in [3.05, 3.63) is 60.2 Å². The van der Waals surface area contributed by atoms with Crippen molar-refractivity contribution < 1.29 is 22.7 Å². The highest BCUT2D eigenvalue weighted by molar-refractivity contribution is 7.92. The maximum absolute atomic E-state index is 13.6. The van der Waals surface area contributed by atoms with Gasteiger partial charge in [-0.05, 0) is 43.9 Å². The molecule has 36 heavy (non-hydrogen) atoms. The molecule has 2 amide bonds. The maximum atomic E-state index is 13.6. The van der Waals surface area contributed by atoms with E-state index in [1.54, 1.807) is 31.2 Å². The lowest BCUT2D eigenvalue weighted by molar-refractivity contribution is -0.139. The van der Waals surface area contributed by atoms with Gasteiger partial charge in [0.05, 0.1) is 19.1 Å². The van der Waals surface area contributed by atoms with Crippen LogP contribution in [0.1, 0.15) is 44.6 Å². The fraction of sp³-hybridized carbons (Fsp3) is 0.481. The first-order valence-electron chi connectivity index (χ1n) is 12.4. The van der Waals surface area contributed by atoms with Crippen LogP contribution in [-0.4, -0.2) is 63.7 Å². The summed E-state index contributed by atoms with van der Waals surface area (Å²) >= 11 is 0. The molecule has 9 heteroatoms. The van der Waals surface area contributed by atoms with Crippen LogP contribution >= 0.6 is 0 Å². The first kappa shape index (κ1) is 27.5. The van der Waals surface area contributed by atoms with Gasteiger partial charge in [-0.15, -0.1) is 0 Å². The van der Waals surface area contributed by atoms with Crippen molar-refractivity contribution in [2.75, 3.05) is 30.8 Å². The number of hydrogen-bond acceptors (Lipinski definition) is 5. The highest BCUT2D eigenvalue weighted by Crippen LogP contribution is 2.24. The SMILES string of the molecule is COc1cccc(N(CC(=O)N(CCc2ccccc2)[C@H](C)C(=O)NC2CCCCC2)S(C)(=O)=O)c1. The fourth-order valence-electron chi connectivity index (χ4n) is 4.52. The Bertz CT molecular complexity index is 1120. The van der Waals surface area contributed by atoms with E-state index in [9.17, 15) is 18.0 Å². The van der Waals surface area contributed by atoms with Gasteiger partial charge in [0, 0.05) is 18.7 Å². The molecule has 0 spiro atoms. The van der Waals surface area contributed by atoms with Crippen LogP contribution in [0, 0.1) is 0 Å². The van der Waals surface area contributed by atoms with Crippen LogP contribution in [0.2, 0.25) is 0 Å². The van der Waals surface area contributed by atoms with E-state index in [2.05, 4.69) is 5.32 Å². The molecule has 3 rings (SSSR count). The number of ether oxygens (including phenoxy) is 1. The minimum absolute atomic E-state index is 0.115. The number of rotatable bonds is 11. The summed E-state index contributed by atoms with van der Waals surface area (Å²) in [6.45, 7) is 1.58. The normalized spacial score (nSPS) is 15.1. The number of carbonyl (C=O) groups is 2. The number of anilines is 1. The number of methoxy groups -OCH3 is 1. The predicted octanol–water partition coefficient (Wildman–Crippen LogP) is 3.37. The molecule has 1 atom stereocenters. The summed E-state index contributed by atoms with van der Waals surface area (Å²) in [5.41, 5.74) is 1.36. The van der Waals surface area contributed by atoms with Crippen LogP contribution in [0.4, 0.5) is 5.69 Å². The smallest absolute Gasteiger partial charge is 0.244 e. The second-order valence-electron chi connectivity index (χ2n) is 9.31. The summed E-state index contributed by atoms with van der Waals surface area (Å²) in [7, 11) is -2.28. The monoisotopic (exact) mass is 515 g/mol. The molecular weight excluding hydrogens is 478 g/mol. The Labute approximate surface area is 214 Å². The summed E-state index contributed by atoms with van der Waals surface area (Å²) in [4.78, 5) is 28.2. The fourth-order valence-corrected chi connectivity index (χ4v) is 5.36. The maximum Gasteiger partial charge on any atom is 0.244 e. The summed E-state index contributed by atoms with van der Waals surface area (Å²) in [6.07, 6.45) is 6.83. The van der Waals surface area contributed by atoms with Gasteiger partial charge >= 0.3 is 0 Å². The molecule has 0 aliphatic heterocycles. The lowest BCUT2D eigenvalue weighted by atomic mass is 9.95. The minimum Gasteiger partial charge on any atom is -0.497 e. The highest BCUT2D eigenvalue weighted by atomic mass is 32.2. The Balaban J connectivity index is 1.82. The van der Waals surface area contributed by atoms with E-state index < -0.39 is 28.5 Å². The molecule has 1 N–H and O–H groups in total. The van der Waals surface area contributed by atoms with Crippen molar-refractivity contribution in [1.29, 1.82) is 0 Å². The molecule has 1 fully saturated rings. The molecule has 0 aromatic heterocycles. The topological polar surface area (TPSA) is 96.0 Å². The number of sulfonamides is 1. The van der Waals surface area contributed by atoms with Gasteiger partial charge in [0.2, 0.25) is 21.8 Å². The lowest BCUT2D eigenvalue weighted by Crippen LogP contribution is -2.53. The van der Waals surface area contributed by atoms with E-state index in [0.717, 1.165) is 41.8 Å². The first-order valence-corrected chi connectivity index (χ1v) is 14.3. The van der Waals surface area contributed by atoms with Gasteiger partial charge < -0.3 is 15.0 Å². The minimum atomic E-state index is -3.78. The quantitative estimate of drug-likeness (QED) is 0.495. The van der Waals surface area contributed by atoms with Crippen molar-refractivity contribution in [2.24, 2.45) is 0 Å². The van der Waals surface area contributed by atoms with Gasteiger partial charge in [0.25, 0.3) is 0 Å². The first-order chi connectivity index (χ1) is 17.2. The molecule has 2 aromatic rings. The van der Waals surface area contributed by atoms with Gasteiger partial charge in [-0.25, -0.2) is 8.42 Å². The number of benzene rings is 2. The lowest BCUT2D eigenvalue weighted by Gasteiger charge is -2.33. The predicted molar refractivity (Wildman–Crippen MR) is 142 cm³/mol. The van der Waals surface area contributed by atoms with Gasteiger partial charge in [-0.1, -0.05) is 55.7 Å². The number of carbonyl (C=O) groups excluding carboxylic acids is 2. The van der Waals surface area contributed by atoms with Gasteiger partial charge in [-0.2, -0.15) is 0 Å². The summed E-state index contributed by atoms with van der Waals surface area (Å²) in [6, 6.07) is 15.6. The second-order valence-corrected chi connectivity index (χ2v) is 11.2. The van der Waals surface area contributed by atoms with E-state index in [4.69, 9.17) is 4.74 Å². The van der Waals surface area contributed by atoms with Crippen LogP contribution in [0.5, 0.6) is 5.75 Å². The van der Waals surface area contributed by atoms with E-state index >= 15 is 0 Å². The zero-order valence-electron chi connectivity index (χ0n) is 21.4. The average molecular weight is 516 g/mol. The Kier molecular flexibility index (Phi) is 9.75. The van der Waals surface area contributed by atoms with Crippen LogP contribution in [0.15, 0.2) is 54.6 Å². The Morgan fingerprint density at radius 3 is 2.39 bits per heavy atom. The standard InChI is InChI=1S/C27H37N3O5S/c1-21(27(32)28-23-13-8-5-9-14-23)29(18-17-22-11-6-4-7-12-22)26(31)20-30(36(3,33)34)24-15-10-16-25(19-24)35-2/h4,6-7,10-12,15-16,19,21,23H,5,8-9,13-14,17-18,20H2,1-3H3,(H,28,32)/t21-/m1/s1. The third-order valence-corrected chi connectivity index (χ3v) is 7.76. The molecule has 0 saturated heterocycles. The van der Waals surface area contributed by atoms with Crippen molar-refractivity contribution >= 4 is 27.5 Å². The van der Waals surface area contributed by atoms with E-state index in [-0.39, 0.29) is 18.5 Å². The van der Waals surface area contributed by atoms with Gasteiger partial charge in [-0.3, -0.25) is 13.9 Å². The van der Waals surface area contributed by atoms with E-state index in [1.165, 1.54) is 18.4 Å². The largest absolute Gasteiger partial charge is 0.497 e. The van der Waals surface area contributed by atoms with E-state index in [1.807, 2.05) is 30.3 Å². The van der Waals surface area contributed by atoms with Crippen molar-refractivity contribution in [2.45, 2.75) is 57.5 Å². The number of hydrogen-bond donors (Lipinski definition) is 1. The van der Waals surface area contributed by atoms with E-state index in [0.29, 0.717) is 17.9 Å². The zero-order valence-corrected chi connectivity index (χ0v) is 22.2. The molecule has 0 radical (unpaired) electrons. The molecule has 8 nitrogen and oxygen atoms in total. The molecule has 0 heterocycles. The molecule has 1 aliphatic rings. The molecular formula is C27H37N3O5S. The second kappa shape index (κ2) is 12.8. The van der Waals surface area contributed by atoms with Crippen LogP contribution < -0.4 is 14.4 Å². The van der Waals surface area contributed by atoms with Crippen LogP contribution in [0.3, 0.4) is 0 Å². The van der Waals surface area contributed by atoms with Crippen LogP contribution in [-0.2, 0) is 26.0 Å². The van der Waals surface area contributed by atoms with Gasteiger partial charge in [0.1, 0.15) is 18.3 Å². The van der Waals surface area contributed by atoms with Crippen molar-refractivity contribution in [3.8, 4) is 5.75 Å². The summed E-state index contributed by atoms with van der Waals surface area (Å²) < 4.78 is 31.6. The third-order valence-electron chi connectivity index (χ3n) is 6.62. The molecule has 0 bridgehead atoms. The highest BCUT2D eigenvalue weighted by Gasteiger charge is 2.31. The van der Waals surface area contributed by atoms with Gasteiger partial charge in [0.15, 0.2) is 0 Å². The zero-order chi connectivity index (χ0) is 26.1. The number of amides is 2. The molecule has 196 valence electrons. The number of nitrogens with one attached hydrogen (secondary N) is 1. The Morgan fingerprint density at radius 2 is 1.75 bits per heavy atom. The molecule has 1 saturated carbocycles. The Morgan fingerprint density at radius 1 is 1.06 bits per heavy atom. The molecule has 2 aromatic carbocycles.